The maximum Gasteiger partial charge on any atom is 0.193 e. The Morgan fingerprint density at radius 2 is 0.777 bits per heavy atom. The van der Waals surface area contributed by atoms with Crippen molar-refractivity contribution < 1.29 is 0 Å². The van der Waals surface area contributed by atoms with Crippen LogP contribution in [-0.4, -0.2) is 8.80 Å². The van der Waals surface area contributed by atoms with E-state index in [0.717, 1.165) is 33.4 Å². The highest BCUT2D eigenvalue weighted by Crippen LogP contribution is 2.65. The van der Waals surface area contributed by atoms with Crippen LogP contribution in [0.1, 0.15) is 182 Å². The summed E-state index contributed by atoms with van der Waals surface area (Å²) < 4.78 is 5.38. The molecule has 0 radical (unpaired) electrons. The van der Waals surface area contributed by atoms with Gasteiger partial charge in [-0.2, -0.15) is 5.26 Å². The molecule has 0 unspecified atom stereocenters. The lowest BCUT2D eigenvalue weighted by Gasteiger charge is -2.43. The average molecular weight is 1210 g/mol. The van der Waals surface area contributed by atoms with Gasteiger partial charge >= 0.3 is 0 Å². The van der Waals surface area contributed by atoms with Gasteiger partial charge in [0.1, 0.15) is 0 Å². The Balaban J connectivity index is 1.10. The van der Waals surface area contributed by atoms with Gasteiger partial charge in [0, 0.05) is 83.4 Å². The van der Waals surface area contributed by atoms with Crippen molar-refractivity contribution in [2.75, 3.05) is 0 Å². The molecule has 0 N–H and O–H groups in total. The average Bonchev–Trinajstić information content (AvgIpc) is 1.45. The first-order valence-corrected chi connectivity index (χ1v) is 33.7. The molecule has 22 rings (SSSR count). The summed E-state index contributed by atoms with van der Waals surface area (Å²) in [6.07, 6.45) is 0. The lowest BCUT2D eigenvalue weighted by atomic mass is 9.59. The number of benzene rings is 12. The van der Waals surface area contributed by atoms with E-state index in [1.807, 2.05) is 0 Å². The van der Waals surface area contributed by atoms with Crippen LogP contribution in [-0.2, 0) is 10.8 Å². The SMILES string of the molecule is [C-]#[N+]c1cc2c(c3c1C1c4ccccc4C3c3ccccc31)c1c3ccc(C(C)(C)C)cc3cc3c4c(-c5c(C)cc(C)cc5C)c5c(c(-c6c(C)cc(C)cc6C)c4n2c31)c1cc(C(C)(C)C)cc2c3c4c(c(C#N)cc3n5c21)C1c2ccccc2C4c2ccccc21. The standard InChI is InChI=1S/C90H68N4/c1-43-32-45(3)68(46(4)33-43)83-77-62-37-49-36-51(89(7,8)9)30-31-53(49)76-80-67(41-65(92-13)79-72-56-24-16-20-28-60(56)74(82(79)80)61-29-21-17-25-57(61)72)94(86(62)76)88(77)84(69-47(5)34-44(2)35-48(69)6)78-64-40-52(90(10,11)12)39-63-75-66(93(85(63)64)87(78)83)38-50(42-91)70-71-54-22-14-18-26-58(54)73(81(70)75)59-27-19-15-23-55(59)71/h14-41,71-74H,1-12H3. The van der Waals surface area contributed by atoms with Gasteiger partial charge in [-0.3, -0.25) is 0 Å². The minimum absolute atomic E-state index is 0.0660. The summed E-state index contributed by atoms with van der Waals surface area (Å²) in [6.45, 7) is 37.4. The molecule has 0 amide bonds. The molecule has 4 nitrogen and oxygen atoms in total. The predicted octanol–water partition coefficient (Wildman–Crippen LogP) is 23.3. The van der Waals surface area contributed by atoms with Gasteiger partial charge < -0.3 is 8.80 Å². The first-order valence-electron chi connectivity index (χ1n) is 33.7. The number of rotatable bonds is 2. The molecule has 94 heavy (non-hydrogen) atoms. The highest BCUT2D eigenvalue weighted by molar-refractivity contribution is 6.41. The zero-order valence-electron chi connectivity index (χ0n) is 55.3. The lowest BCUT2D eigenvalue weighted by molar-refractivity contribution is 0.591. The van der Waals surface area contributed by atoms with Gasteiger partial charge in [-0.25, -0.2) is 4.85 Å². The lowest BCUT2D eigenvalue weighted by Crippen LogP contribution is -2.28. The van der Waals surface area contributed by atoms with E-state index in [4.69, 9.17) is 4.85 Å². The van der Waals surface area contributed by atoms with Crippen LogP contribution >= 0.6 is 0 Å². The molecule has 0 aliphatic heterocycles. The first-order chi connectivity index (χ1) is 45.4. The van der Waals surface area contributed by atoms with Crippen molar-refractivity contribution in [3.05, 3.63) is 298 Å². The van der Waals surface area contributed by atoms with E-state index in [9.17, 15) is 11.8 Å². The number of hydrogen-bond donors (Lipinski definition) is 0. The van der Waals surface area contributed by atoms with Crippen LogP contribution in [0.3, 0.4) is 0 Å². The maximum absolute atomic E-state index is 12.0. The summed E-state index contributed by atoms with van der Waals surface area (Å²) in [5.41, 5.74) is 38.3. The number of nitrogens with zero attached hydrogens (tertiary/aromatic N) is 4. The van der Waals surface area contributed by atoms with Gasteiger partial charge in [0.2, 0.25) is 0 Å². The molecule has 12 aromatic carbocycles. The molecule has 0 spiro atoms. The molecule has 4 heterocycles. The summed E-state index contributed by atoms with van der Waals surface area (Å²) in [7, 11) is 0. The number of nitriles is 1. The minimum Gasteiger partial charge on any atom is -0.309 e. The normalized spacial score (nSPS) is 16.9. The van der Waals surface area contributed by atoms with Gasteiger partial charge in [0.05, 0.1) is 45.8 Å². The molecule has 4 aromatic heterocycles. The fraction of sp³-hybridized carbons (Fsp3) is 0.200. The molecule has 6 aliphatic rings. The molecule has 4 bridgehead atoms. The Morgan fingerprint density at radius 1 is 0.372 bits per heavy atom. The molecule has 448 valence electrons. The van der Waals surface area contributed by atoms with Crippen molar-refractivity contribution in [3.63, 3.8) is 0 Å². The van der Waals surface area contributed by atoms with Crippen molar-refractivity contribution in [1.29, 1.82) is 5.26 Å². The summed E-state index contributed by atoms with van der Waals surface area (Å²) in [6, 6.07) is 68.5. The number of aryl methyl sites for hydroxylation is 6. The Hall–Kier alpha value is -10.5. The minimum atomic E-state index is -0.247. The molecule has 16 aromatic rings. The van der Waals surface area contributed by atoms with E-state index in [2.05, 4.69) is 268 Å². The molecule has 0 saturated carbocycles. The second-order valence-corrected chi connectivity index (χ2v) is 30.7. The largest absolute Gasteiger partial charge is 0.309 e. The topological polar surface area (TPSA) is 37.0 Å². The van der Waals surface area contributed by atoms with Crippen LogP contribution in [0.25, 0.3) is 114 Å². The van der Waals surface area contributed by atoms with Crippen LogP contribution in [0, 0.1) is 59.4 Å². The molecule has 4 heteroatoms. The van der Waals surface area contributed by atoms with E-state index in [0.29, 0.717) is 0 Å². The Labute approximate surface area is 547 Å². The molecule has 0 atom stereocenters. The summed E-state index contributed by atoms with van der Waals surface area (Å²) in [5.74, 6) is -0.302. The van der Waals surface area contributed by atoms with Crippen molar-refractivity contribution in [1.82, 2.24) is 8.80 Å². The molecule has 6 aliphatic carbocycles. The monoisotopic (exact) mass is 1200 g/mol. The summed E-state index contributed by atoms with van der Waals surface area (Å²) in [4.78, 5) is 4.69. The maximum atomic E-state index is 12.0. The van der Waals surface area contributed by atoms with Crippen molar-refractivity contribution in [2.45, 2.75) is 118 Å². The summed E-state index contributed by atoms with van der Waals surface area (Å²) in [5, 5.41) is 24.3. The smallest absolute Gasteiger partial charge is 0.193 e. The fourth-order valence-corrected chi connectivity index (χ4v) is 20.0. The Bertz CT molecular complexity index is 6220. The van der Waals surface area contributed by atoms with Crippen LogP contribution in [0.2, 0.25) is 0 Å². The third-order valence-corrected chi connectivity index (χ3v) is 23.3. The van der Waals surface area contributed by atoms with E-state index in [-0.39, 0.29) is 34.5 Å². The van der Waals surface area contributed by atoms with E-state index in [1.54, 1.807) is 0 Å². The third-order valence-electron chi connectivity index (χ3n) is 23.3. The second kappa shape index (κ2) is 17.8. The van der Waals surface area contributed by atoms with Crippen molar-refractivity contribution in [3.8, 4) is 28.3 Å². The molecular weight excluding hydrogens is 1140 g/mol. The number of aromatic nitrogens is 2. The number of hydrogen-bond acceptors (Lipinski definition) is 1. The zero-order valence-corrected chi connectivity index (χ0v) is 55.3. The second-order valence-electron chi connectivity index (χ2n) is 30.7. The fourth-order valence-electron chi connectivity index (χ4n) is 20.0. The third kappa shape index (κ3) is 6.43. The zero-order chi connectivity index (χ0) is 63.9. The van der Waals surface area contributed by atoms with Gasteiger partial charge in [-0.15, -0.1) is 0 Å². The van der Waals surface area contributed by atoms with E-state index >= 15 is 0 Å². The molecule has 0 fully saturated rings. The Morgan fingerprint density at radius 3 is 1.22 bits per heavy atom. The van der Waals surface area contributed by atoms with Crippen molar-refractivity contribution in [2.24, 2.45) is 0 Å². The Kier molecular flexibility index (Phi) is 10.2. The van der Waals surface area contributed by atoms with Gasteiger partial charge in [-0.1, -0.05) is 192 Å². The molecule has 0 saturated heterocycles. The van der Waals surface area contributed by atoms with Crippen LogP contribution in [0.15, 0.2) is 170 Å². The van der Waals surface area contributed by atoms with Crippen LogP contribution in [0.5, 0.6) is 0 Å². The van der Waals surface area contributed by atoms with E-state index in [1.165, 1.54) is 198 Å². The van der Waals surface area contributed by atoms with Gasteiger partial charge in [-0.05, 0) is 205 Å². The molecular formula is C90H68N4. The highest BCUT2D eigenvalue weighted by Gasteiger charge is 2.47. The number of fused-ring (bicyclic) bond motifs is 14. The van der Waals surface area contributed by atoms with Gasteiger partial charge in [0.25, 0.3) is 0 Å². The quantitative estimate of drug-likeness (QED) is 0.159. The van der Waals surface area contributed by atoms with Crippen LogP contribution in [0.4, 0.5) is 5.69 Å². The van der Waals surface area contributed by atoms with Gasteiger partial charge in [0.15, 0.2) is 5.69 Å². The summed E-state index contributed by atoms with van der Waals surface area (Å²) >= 11 is 0. The highest BCUT2D eigenvalue weighted by atomic mass is 15.0. The predicted molar refractivity (Wildman–Crippen MR) is 390 cm³/mol. The first kappa shape index (κ1) is 54.1. The van der Waals surface area contributed by atoms with Crippen molar-refractivity contribution >= 4 is 92.6 Å². The van der Waals surface area contributed by atoms with Crippen LogP contribution < -0.4 is 0 Å². The van der Waals surface area contributed by atoms with E-state index < -0.39 is 0 Å².